The molecule has 0 unspecified atom stereocenters. The summed E-state index contributed by atoms with van der Waals surface area (Å²) in [5.74, 6) is 0.851. The molecule has 2 fully saturated rings. The van der Waals surface area contributed by atoms with Gasteiger partial charge in [-0.3, -0.25) is 0 Å². The van der Waals surface area contributed by atoms with Gasteiger partial charge >= 0.3 is 0 Å². The third-order valence-electron chi connectivity index (χ3n) is 4.20. The van der Waals surface area contributed by atoms with Crippen LogP contribution in [0.2, 0.25) is 0 Å². The van der Waals surface area contributed by atoms with Crippen molar-refractivity contribution in [2.24, 2.45) is 5.92 Å². The molecule has 5 heteroatoms. The molecule has 2 aliphatic rings. The minimum atomic E-state index is -3.39. The minimum absolute atomic E-state index is 0.421. The van der Waals surface area contributed by atoms with Gasteiger partial charge in [-0.25, -0.2) is 13.1 Å². The normalized spacial score (nSPS) is 18.9. The van der Waals surface area contributed by atoms with Gasteiger partial charge in [-0.15, -0.1) is 0 Å². The second-order valence-corrected chi connectivity index (χ2v) is 7.98. The maximum absolute atomic E-state index is 12.4. The number of sulfonamides is 1. The molecule has 21 heavy (non-hydrogen) atoms. The van der Waals surface area contributed by atoms with Gasteiger partial charge in [-0.05, 0) is 43.2 Å². The quantitative estimate of drug-likeness (QED) is 0.689. The van der Waals surface area contributed by atoms with Crippen molar-refractivity contribution in [3.05, 3.63) is 29.8 Å². The molecule has 4 nitrogen and oxygen atoms in total. The Morgan fingerprint density at radius 1 is 1.10 bits per heavy atom. The van der Waals surface area contributed by atoms with E-state index in [0.717, 1.165) is 24.3 Å². The molecule has 0 heterocycles. The maximum Gasteiger partial charge on any atom is 0.240 e. The lowest BCUT2D eigenvalue weighted by molar-refractivity contribution is 0.570. The Morgan fingerprint density at radius 2 is 1.86 bits per heavy atom. The molecule has 116 valence electrons. The molecular formula is C16H24N2O2S. The van der Waals surface area contributed by atoms with Gasteiger partial charge in [0.05, 0.1) is 4.90 Å². The molecule has 0 aliphatic heterocycles. The number of rotatable bonds is 9. The van der Waals surface area contributed by atoms with Gasteiger partial charge in [0, 0.05) is 19.1 Å². The van der Waals surface area contributed by atoms with Crippen LogP contribution >= 0.6 is 0 Å². The van der Waals surface area contributed by atoms with E-state index in [1.165, 1.54) is 25.7 Å². The van der Waals surface area contributed by atoms with Crippen LogP contribution < -0.4 is 10.0 Å². The molecule has 2 aliphatic carbocycles. The second kappa shape index (κ2) is 6.46. The van der Waals surface area contributed by atoms with E-state index in [1.807, 2.05) is 12.1 Å². The van der Waals surface area contributed by atoms with Crippen molar-refractivity contribution in [3.8, 4) is 0 Å². The zero-order chi connectivity index (χ0) is 14.7. The lowest BCUT2D eigenvalue weighted by Crippen LogP contribution is -2.27. The van der Waals surface area contributed by atoms with E-state index >= 15 is 0 Å². The molecule has 0 amide bonds. The lowest BCUT2D eigenvalue weighted by atomic mass is 10.2. The van der Waals surface area contributed by atoms with Crippen LogP contribution in [0.25, 0.3) is 0 Å². The first-order valence-corrected chi connectivity index (χ1v) is 9.44. The summed E-state index contributed by atoms with van der Waals surface area (Å²) in [6, 6.07) is 7.86. The zero-order valence-corrected chi connectivity index (χ0v) is 13.2. The van der Waals surface area contributed by atoms with E-state index in [0.29, 0.717) is 24.0 Å². The van der Waals surface area contributed by atoms with Gasteiger partial charge in [-0.2, -0.15) is 0 Å². The molecule has 2 N–H and O–H groups in total. The fraction of sp³-hybridized carbons (Fsp3) is 0.625. The molecule has 0 atom stereocenters. The first-order chi connectivity index (χ1) is 10.1. The lowest BCUT2D eigenvalue weighted by Gasteiger charge is -2.12. The Labute approximate surface area is 127 Å². The number of hydrogen-bond donors (Lipinski definition) is 2. The van der Waals surface area contributed by atoms with Gasteiger partial charge < -0.3 is 5.32 Å². The highest BCUT2D eigenvalue weighted by Gasteiger charge is 2.23. The van der Waals surface area contributed by atoms with Crippen LogP contribution in [-0.2, 0) is 16.6 Å². The Hall–Kier alpha value is -0.910. The number of nitrogens with one attached hydrogen (secondary N) is 2. The summed E-state index contributed by atoms with van der Waals surface area (Å²) in [5.41, 5.74) is 0.860. The van der Waals surface area contributed by atoms with Crippen LogP contribution in [0.1, 0.15) is 44.1 Å². The Kier molecular flexibility index (Phi) is 4.62. The van der Waals surface area contributed by atoms with Crippen molar-refractivity contribution in [2.75, 3.05) is 6.54 Å². The van der Waals surface area contributed by atoms with Gasteiger partial charge in [0.15, 0.2) is 0 Å². The highest BCUT2D eigenvalue weighted by atomic mass is 32.2. The van der Waals surface area contributed by atoms with Crippen LogP contribution in [0.5, 0.6) is 0 Å². The van der Waals surface area contributed by atoms with Crippen molar-refractivity contribution >= 4 is 10.0 Å². The molecule has 2 saturated carbocycles. The summed E-state index contributed by atoms with van der Waals surface area (Å²) in [6.07, 6.45) is 7.13. The standard InChI is InChI=1S/C16H24N2O2S/c19-21(20,18-11-3-4-13-7-8-13)16-6-2-1-5-14(16)12-17-15-9-10-15/h1-2,5-6,13,15,17-18H,3-4,7-12H2. The highest BCUT2D eigenvalue weighted by molar-refractivity contribution is 7.89. The van der Waals surface area contributed by atoms with Crippen LogP contribution in [0.4, 0.5) is 0 Å². The summed E-state index contributed by atoms with van der Waals surface area (Å²) in [5, 5.41) is 3.38. The maximum atomic E-state index is 12.4. The number of benzene rings is 1. The van der Waals surface area contributed by atoms with E-state index < -0.39 is 10.0 Å². The van der Waals surface area contributed by atoms with Gasteiger partial charge in [-0.1, -0.05) is 31.0 Å². The molecule has 0 aromatic heterocycles. The average Bonchev–Trinajstić information content (AvgIpc) is 3.37. The highest BCUT2D eigenvalue weighted by Crippen LogP contribution is 2.33. The Morgan fingerprint density at radius 3 is 2.57 bits per heavy atom. The van der Waals surface area contributed by atoms with Gasteiger partial charge in [0.25, 0.3) is 0 Å². The van der Waals surface area contributed by atoms with E-state index in [2.05, 4.69) is 10.0 Å². The minimum Gasteiger partial charge on any atom is -0.310 e. The van der Waals surface area contributed by atoms with Crippen LogP contribution in [0.3, 0.4) is 0 Å². The third kappa shape index (κ3) is 4.53. The molecule has 0 spiro atoms. The van der Waals surface area contributed by atoms with Crippen molar-refractivity contribution in [3.63, 3.8) is 0 Å². The van der Waals surface area contributed by atoms with Crippen LogP contribution in [-0.4, -0.2) is 21.0 Å². The fourth-order valence-corrected chi connectivity index (χ4v) is 3.85. The first-order valence-electron chi connectivity index (χ1n) is 7.96. The van der Waals surface area contributed by atoms with Gasteiger partial charge in [0.2, 0.25) is 10.0 Å². The van der Waals surface area contributed by atoms with E-state index in [9.17, 15) is 8.42 Å². The van der Waals surface area contributed by atoms with Crippen LogP contribution in [0.15, 0.2) is 29.2 Å². The first kappa shape index (κ1) is 15.0. The Balaban J connectivity index is 1.59. The summed E-state index contributed by atoms with van der Waals surface area (Å²) in [4.78, 5) is 0.421. The van der Waals surface area contributed by atoms with E-state index in [4.69, 9.17) is 0 Å². The van der Waals surface area contributed by atoms with E-state index in [1.54, 1.807) is 12.1 Å². The van der Waals surface area contributed by atoms with Crippen LogP contribution in [0, 0.1) is 5.92 Å². The second-order valence-electron chi connectivity index (χ2n) is 6.25. The predicted octanol–water partition coefficient (Wildman–Crippen LogP) is 2.41. The number of hydrogen-bond acceptors (Lipinski definition) is 3. The van der Waals surface area contributed by atoms with Crippen molar-refractivity contribution in [1.29, 1.82) is 0 Å². The summed E-state index contributed by atoms with van der Waals surface area (Å²) >= 11 is 0. The smallest absolute Gasteiger partial charge is 0.240 e. The molecule has 1 aromatic carbocycles. The SMILES string of the molecule is O=S(=O)(NCCCC1CC1)c1ccccc1CNC1CC1. The molecule has 1 aromatic rings. The molecule has 0 radical (unpaired) electrons. The molecule has 0 saturated heterocycles. The fourth-order valence-electron chi connectivity index (χ4n) is 2.54. The van der Waals surface area contributed by atoms with Gasteiger partial charge in [0.1, 0.15) is 0 Å². The van der Waals surface area contributed by atoms with Crippen molar-refractivity contribution in [1.82, 2.24) is 10.0 Å². The summed E-state index contributed by atoms with van der Waals surface area (Å²) in [6.45, 7) is 1.17. The zero-order valence-electron chi connectivity index (χ0n) is 12.3. The molecule has 0 bridgehead atoms. The third-order valence-corrected chi connectivity index (χ3v) is 5.76. The Bertz CT molecular complexity index is 578. The van der Waals surface area contributed by atoms with Crippen molar-refractivity contribution < 1.29 is 8.42 Å². The average molecular weight is 308 g/mol. The largest absolute Gasteiger partial charge is 0.310 e. The summed E-state index contributed by atoms with van der Waals surface area (Å²) in [7, 11) is -3.39. The summed E-state index contributed by atoms with van der Waals surface area (Å²) < 4.78 is 27.6. The molecular weight excluding hydrogens is 284 g/mol. The topological polar surface area (TPSA) is 58.2 Å². The monoisotopic (exact) mass is 308 g/mol. The molecule has 3 rings (SSSR count). The van der Waals surface area contributed by atoms with Crippen molar-refractivity contribution in [2.45, 2.75) is 56.0 Å². The van der Waals surface area contributed by atoms with E-state index in [-0.39, 0.29) is 0 Å². The predicted molar refractivity (Wildman–Crippen MR) is 83.5 cm³/mol.